The maximum atomic E-state index is 12.4. The van der Waals surface area contributed by atoms with E-state index in [4.69, 9.17) is 4.74 Å². The van der Waals surface area contributed by atoms with E-state index < -0.39 is 0 Å². The summed E-state index contributed by atoms with van der Waals surface area (Å²) in [5.41, 5.74) is 2.40. The normalized spacial score (nSPS) is 15.2. The average Bonchev–Trinajstić information content (AvgIpc) is 2.67. The summed E-state index contributed by atoms with van der Waals surface area (Å²) in [5.74, 6) is 0.879. The van der Waals surface area contributed by atoms with Crippen molar-refractivity contribution in [2.24, 2.45) is 0 Å². The first-order valence-corrected chi connectivity index (χ1v) is 8.86. The molecule has 1 aliphatic rings. The number of nitrogens with zero attached hydrogens (tertiary/aromatic N) is 3. The fourth-order valence-corrected chi connectivity index (χ4v) is 3.07. The van der Waals surface area contributed by atoms with E-state index in [1.807, 2.05) is 53.7 Å². The van der Waals surface area contributed by atoms with Gasteiger partial charge in [0.05, 0.1) is 0 Å². The highest BCUT2D eigenvalue weighted by Crippen LogP contribution is 2.18. The van der Waals surface area contributed by atoms with Gasteiger partial charge in [-0.1, -0.05) is 25.1 Å². The standard InChI is InChI=1S/C20H25N3O2/c1-2-18-5-3-4-6-19(18)25-16-20(24)23-13-11-22(12-14-23)15-17-7-9-21-10-8-17/h3-10H,2,11-16H2,1H3. The van der Waals surface area contributed by atoms with Gasteiger partial charge in [-0.05, 0) is 35.7 Å². The molecular weight excluding hydrogens is 314 g/mol. The van der Waals surface area contributed by atoms with Crippen LogP contribution in [0, 0.1) is 0 Å². The summed E-state index contributed by atoms with van der Waals surface area (Å²) < 4.78 is 5.75. The minimum absolute atomic E-state index is 0.0643. The van der Waals surface area contributed by atoms with Gasteiger partial charge in [-0.2, -0.15) is 0 Å². The molecule has 0 spiro atoms. The second-order valence-electron chi connectivity index (χ2n) is 6.26. The number of hydrogen-bond donors (Lipinski definition) is 0. The van der Waals surface area contributed by atoms with Gasteiger partial charge >= 0.3 is 0 Å². The van der Waals surface area contributed by atoms with Crippen molar-refractivity contribution in [3.63, 3.8) is 0 Å². The second-order valence-corrected chi connectivity index (χ2v) is 6.26. The van der Waals surface area contributed by atoms with Gasteiger partial charge < -0.3 is 9.64 Å². The van der Waals surface area contributed by atoms with Gasteiger partial charge in [0.2, 0.25) is 0 Å². The topological polar surface area (TPSA) is 45.7 Å². The predicted molar refractivity (Wildman–Crippen MR) is 97.4 cm³/mol. The average molecular weight is 339 g/mol. The Hall–Kier alpha value is -2.40. The summed E-state index contributed by atoms with van der Waals surface area (Å²) in [7, 11) is 0. The van der Waals surface area contributed by atoms with Crippen molar-refractivity contribution in [2.45, 2.75) is 19.9 Å². The molecule has 2 heterocycles. The lowest BCUT2D eigenvalue weighted by Gasteiger charge is -2.34. The Labute approximate surface area is 149 Å². The minimum Gasteiger partial charge on any atom is -0.483 e. The van der Waals surface area contributed by atoms with Gasteiger partial charge in [0.25, 0.3) is 5.91 Å². The van der Waals surface area contributed by atoms with Crippen LogP contribution < -0.4 is 4.74 Å². The zero-order chi connectivity index (χ0) is 17.5. The Morgan fingerprint density at radius 2 is 1.80 bits per heavy atom. The zero-order valence-electron chi connectivity index (χ0n) is 14.7. The third-order valence-electron chi connectivity index (χ3n) is 4.59. The van der Waals surface area contributed by atoms with Crippen molar-refractivity contribution >= 4 is 5.91 Å². The summed E-state index contributed by atoms with van der Waals surface area (Å²) in [6.45, 7) is 6.39. The third kappa shape index (κ3) is 4.79. The molecule has 1 aromatic heterocycles. The van der Waals surface area contributed by atoms with E-state index in [-0.39, 0.29) is 12.5 Å². The maximum Gasteiger partial charge on any atom is 0.260 e. The van der Waals surface area contributed by atoms with Crippen molar-refractivity contribution in [3.05, 3.63) is 59.9 Å². The summed E-state index contributed by atoms with van der Waals surface area (Å²) in [5, 5.41) is 0. The van der Waals surface area contributed by atoms with Crippen LogP contribution in [-0.2, 0) is 17.8 Å². The number of aryl methyl sites for hydroxylation is 1. The van der Waals surface area contributed by atoms with Crippen LogP contribution >= 0.6 is 0 Å². The van der Waals surface area contributed by atoms with Gasteiger partial charge in [-0.25, -0.2) is 0 Å². The molecule has 0 atom stereocenters. The van der Waals surface area contributed by atoms with E-state index in [1.54, 1.807) is 0 Å². The third-order valence-corrected chi connectivity index (χ3v) is 4.59. The van der Waals surface area contributed by atoms with Crippen LogP contribution in [0.25, 0.3) is 0 Å². The zero-order valence-corrected chi connectivity index (χ0v) is 14.7. The Kier molecular flexibility index (Phi) is 6.01. The van der Waals surface area contributed by atoms with E-state index in [0.29, 0.717) is 0 Å². The largest absolute Gasteiger partial charge is 0.483 e. The Morgan fingerprint density at radius 3 is 2.52 bits per heavy atom. The maximum absolute atomic E-state index is 12.4. The molecule has 0 N–H and O–H groups in total. The van der Waals surface area contributed by atoms with Gasteiger partial charge in [-0.3, -0.25) is 14.7 Å². The van der Waals surface area contributed by atoms with Crippen LogP contribution in [0.3, 0.4) is 0 Å². The van der Waals surface area contributed by atoms with Crippen molar-refractivity contribution < 1.29 is 9.53 Å². The Bertz CT molecular complexity index is 682. The molecule has 0 unspecified atom stereocenters. The smallest absolute Gasteiger partial charge is 0.260 e. The number of hydrogen-bond acceptors (Lipinski definition) is 4. The van der Waals surface area contributed by atoms with Crippen molar-refractivity contribution in [2.75, 3.05) is 32.8 Å². The number of benzene rings is 1. The van der Waals surface area contributed by atoms with Crippen molar-refractivity contribution in [3.8, 4) is 5.75 Å². The lowest BCUT2D eigenvalue weighted by atomic mass is 10.1. The molecule has 1 saturated heterocycles. The predicted octanol–water partition coefficient (Wildman–Crippen LogP) is 2.37. The summed E-state index contributed by atoms with van der Waals surface area (Å²) >= 11 is 0. The number of piperazine rings is 1. The monoisotopic (exact) mass is 339 g/mol. The van der Waals surface area contributed by atoms with Crippen LogP contribution in [-0.4, -0.2) is 53.5 Å². The van der Waals surface area contributed by atoms with Crippen LogP contribution in [0.15, 0.2) is 48.8 Å². The number of para-hydroxylation sites is 1. The fourth-order valence-electron chi connectivity index (χ4n) is 3.07. The molecule has 2 aromatic rings. The number of ether oxygens (including phenoxy) is 1. The highest BCUT2D eigenvalue weighted by Gasteiger charge is 2.21. The molecule has 3 rings (SSSR count). The molecule has 1 aromatic carbocycles. The van der Waals surface area contributed by atoms with Crippen LogP contribution in [0.2, 0.25) is 0 Å². The van der Waals surface area contributed by atoms with E-state index >= 15 is 0 Å². The number of aromatic nitrogens is 1. The highest BCUT2D eigenvalue weighted by atomic mass is 16.5. The summed E-state index contributed by atoms with van der Waals surface area (Å²) in [6, 6.07) is 12.0. The molecule has 1 amide bonds. The number of carbonyl (C=O) groups excluding carboxylic acids is 1. The summed E-state index contributed by atoms with van der Waals surface area (Å²) in [6.07, 6.45) is 4.54. The summed E-state index contributed by atoms with van der Waals surface area (Å²) in [4.78, 5) is 20.7. The molecule has 0 radical (unpaired) electrons. The van der Waals surface area contributed by atoms with Gasteiger partial charge in [0, 0.05) is 45.1 Å². The first-order valence-electron chi connectivity index (χ1n) is 8.86. The number of carbonyl (C=O) groups is 1. The highest BCUT2D eigenvalue weighted by molar-refractivity contribution is 5.78. The molecule has 1 fully saturated rings. The molecule has 5 nitrogen and oxygen atoms in total. The molecule has 1 aliphatic heterocycles. The van der Waals surface area contributed by atoms with Crippen LogP contribution in [0.4, 0.5) is 0 Å². The van der Waals surface area contributed by atoms with Crippen molar-refractivity contribution in [1.29, 1.82) is 0 Å². The second kappa shape index (κ2) is 8.62. The Balaban J connectivity index is 1.45. The number of rotatable bonds is 6. The molecule has 0 bridgehead atoms. The number of pyridine rings is 1. The SMILES string of the molecule is CCc1ccccc1OCC(=O)N1CCN(Cc2ccncc2)CC1. The van der Waals surface area contributed by atoms with E-state index in [0.717, 1.165) is 50.5 Å². The van der Waals surface area contributed by atoms with Gasteiger partial charge in [0.1, 0.15) is 5.75 Å². The first-order chi connectivity index (χ1) is 12.3. The number of amides is 1. The lowest BCUT2D eigenvalue weighted by molar-refractivity contribution is -0.135. The molecule has 5 heteroatoms. The van der Waals surface area contributed by atoms with Crippen LogP contribution in [0.5, 0.6) is 5.75 Å². The molecule has 25 heavy (non-hydrogen) atoms. The molecule has 0 aliphatic carbocycles. The van der Waals surface area contributed by atoms with E-state index in [9.17, 15) is 4.79 Å². The van der Waals surface area contributed by atoms with Gasteiger partial charge in [-0.15, -0.1) is 0 Å². The van der Waals surface area contributed by atoms with Crippen molar-refractivity contribution in [1.82, 2.24) is 14.8 Å². The minimum atomic E-state index is 0.0643. The molecule has 0 saturated carbocycles. The first kappa shape index (κ1) is 17.4. The fraction of sp³-hybridized carbons (Fsp3) is 0.400. The van der Waals surface area contributed by atoms with Gasteiger partial charge in [0.15, 0.2) is 6.61 Å². The Morgan fingerprint density at radius 1 is 1.08 bits per heavy atom. The molecule has 132 valence electrons. The lowest BCUT2D eigenvalue weighted by Crippen LogP contribution is -2.49. The molecular formula is C20H25N3O2. The quantitative estimate of drug-likeness (QED) is 0.811. The van der Waals surface area contributed by atoms with E-state index in [2.05, 4.69) is 16.8 Å². The van der Waals surface area contributed by atoms with E-state index in [1.165, 1.54) is 5.56 Å². The van der Waals surface area contributed by atoms with Crippen LogP contribution in [0.1, 0.15) is 18.1 Å².